The Kier molecular flexibility index (Phi) is 4.68. The number of nitrogens with two attached hydrogens (primary N) is 1. The van der Waals surface area contributed by atoms with E-state index in [4.69, 9.17) is 5.73 Å². The van der Waals surface area contributed by atoms with Crippen LogP contribution < -0.4 is 5.73 Å². The fourth-order valence-corrected chi connectivity index (χ4v) is 3.18. The maximum Gasteiger partial charge on any atom is 0.123 e. The van der Waals surface area contributed by atoms with E-state index >= 15 is 0 Å². The number of hydrogen-bond acceptors (Lipinski definition) is 4. The first-order chi connectivity index (χ1) is 8.24. The van der Waals surface area contributed by atoms with E-state index in [9.17, 15) is 5.11 Å². The predicted octanol–water partition coefficient (Wildman–Crippen LogP) is 2.70. The molecule has 0 radical (unpaired) electrons. The summed E-state index contributed by atoms with van der Waals surface area (Å²) < 4.78 is 0. The molecule has 0 aromatic carbocycles. The van der Waals surface area contributed by atoms with Gasteiger partial charge in [-0.15, -0.1) is 11.8 Å². The molecule has 17 heavy (non-hydrogen) atoms. The standard InChI is InChI=1S/C13H20N2OS/c14-13-6-5-12(8-15-13)17-9-11(16)7-10-3-1-2-4-10/h5-6,8,10-11,16H,1-4,7,9H2,(H2,14,15). The van der Waals surface area contributed by atoms with Crippen LogP contribution in [-0.2, 0) is 0 Å². The number of nitrogen functional groups attached to an aromatic ring is 1. The molecule has 0 aliphatic heterocycles. The number of pyridine rings is 1. The molecule has 4 heteroatoms. The second-order valence-corrected chi connectivity index (χ2v) is 5.86. The van der Waals surface area contributed by atoms with Crippen molar-refractivity contribution in [3.8, 4) is 0 Å². The van der Waals surface area contributed by atoms with E-state index < -0.39 is 0 Å². The van der Waals surface area contributed by atoms with E-state index in [2.05, 4.69) is 4.98 Å². The summed E-state index contributed by atoms with van der Waals surface area (Å²) in [4.78, 5) is 5.11. The number of aliphatic hydroxyl groups is 1. The van der Waals surface area contributed by atoms with Crippen LogP contribution in [0.2, 0.25) is 0 Å². The van der Waals surface area contributed by atoms with Crippen molar-refractivity contribution in [1.29, 1.82) is 0 Å². The molecular formula is C13H20N2OS. The van der Waals surface area contributed by atoms with Gasteiger partial charge in [-0.05, 0) is 24.5 Å². The summed E-state index contributed by atoms with van der Waals surface area (Å²) >= 11 is 1.65. The van der Waals surface area contributed by atoms with Crippen LogP contribution in [-0.4, -0.2) is 21.9 Å². The summed E-state index contributed by atoms with van der Waals surface area (Å²) in [6.07, 6.45) is 7.80. The summed E-state index contributed by atoms with van der Waals surface area (Å²) in [5.74, 6) is 2.04. The summed E-state index contributed by atoms with van der Waals surface area (Å²) in [6, 6.07) is 3.75. The zero-order valence-corrected chi connectivity index (χ0v) is 10.8. The molecular weight excluding hydrogens is 232 g/mol. The van der Waals surface area contributed by atoms with E-state index in [0.29, 0.717) is 5.82 Å². The minimum absolute atomic E-state index is 0.194. The molecule has 3 nitrogen and oxygen atoms in total. The van der Waals surface area contributed by atoms with Crippen molar-refractivity contribution in [3.05, 3.63) is 18.3 Å². The molecule has 1 aromatic rings. The SMILES string of the molecule is Nc1ccc(SCC(O)CC2CCCC2)cn1. The third-order valence-corrected chi connectivity index (χ3v) is 4.41. The number of anilines is 1. The van der Waals surface area contributed by atoms with Gasteiger partial charge in [0.05, 0.1) is 6.10 Å². The lowest BCUT2D eigenvalue weighted by Gasteiger charge is -2.14. The quantitative estimate of drug-likeness (QED) is 0.791. The average molecular weight is 252 g/mol. The number of hydrogen-bond donors (Lipinski definition) is 2. The third-order valence-electron chi connectivity index (χ3n) is 3.28. The predicted molar refractivity (Wildman–Crippen MR) is 72.0 cm³/mol. The minimum Gasteiger partial charge on any atom is -0.392 e. The molecule has 0 bridgehead atoms. The summed E-state index contributed by atoms with van der Waals surface area (Å²) in [6.45, 7) is 0. The van der Waals surface area contributed by atoms with Gasteiger partial charge in [0.15, 0.2) is 0 Å². The van der Waals surface area contributed by atoms with Crippen molar-refractivity contribution in [2.75, 3.05) is 11.5 Å². The fourth-order valence-electron chi connectivity index (χ4n) is 2.37. The van der Waals surface area contributed by atoms with Crippen LogP contribution in [0.5, 0.6) is 0 Å². The lowest BCUT2D eigenvalue weighted by Crippen LogP contribution is -2.14. The highest BCUT2D eigenvalue weighted by Crippen LogP contribution is 2.30. The first kappa shape index (κ1) is 12.7. The average Bonchev–Trinajstić information content (AvgIpc) is 2.81. The molecule has 1 fully saturated rings. The van der Waals surface area contributed by atoms with Crippen molar-refractivity contribution in [2.24, 2.45) is 5.92 Å². The molecule has 0 saturated heterocycles. The van der Waals surface area contributed by atoms with Gasteiger partial charge in [-0.2, -0.15) is 0 Å². The van der Waals surface area contributed by atoms with Gasteiger partial charge in [0, 0.05) is 16.8 Å². The molecule has 1 unspecified atom stereocenters. The van der Waals surface area contributed by atoms with Crippen LogP contribution in [0.3, 0.4) is 0 Å². The van der Waals surface area contributed by atoms with Crippen molar-refractivity contribution >= 4 is 17.6 Å². The first-order valence-electron chi connectivity index (χ1n) is 6.26. The molecule has 1 heterocycles. The Bertz CT molecular complexity index is 336. The zero-order valence-electron chi connectivity index (χ0n) is 10.0. The highest BCUT2D eigenvalue weighted by atomic mass is 32.2. The molecule has 1 saturated carbocycles. The molecule has 0 amide bonds. The number of thioether (sulfide) groups is 1. The lowest BCUT2D eigenvalue weighted by atomic mass is 10.0. The van der Waals surface area contributed by atoms with Gasteiger partial charge in [0.2, 0.25) is 0 Å². The van der Waals surface area contributed by atoms with Crippen LogP contribution in [0, 0.1) is 5.92 Å². The largest absolute Gasteiger partial charge is 0.392 e. The monoisotopic (exact) mass is 252 g/mol. The molecule has 1 atom stereocenters. The van der Waals surface area contributed by atoms with Crippen molar-refractivity contribution in [3.63, 3.8) is 0 Å². The molecule has 94 valence electrons. The minimum atomic E-state index is -0.194. The Morgan fingerprint density at radius 3 is 2.82 bits per heavy atom. The highest BCUT2D eigenvalue weighted by molar-refractivity contribution is 7.99. The van der Waals surface area contributed by atoms with E-state index in [-0.39, 0.29) is 6.10 Å². The van der Waals surface area contributed by atoms with E-state index in [1.807, 2.05) is 6.07 Å². The maximum absolute atomic E-state index is 9.96. The van der Waals surface area contributed by atoms with Crippen LogP contribution in [0.15, 0.2) is 23.2 Å². The maximum atomic E-state index is 9.96. The van der Waals surface area contributed by atoms with Crippen LogP contribution >= 0.6 is 11.8 Å². The van der Waals surface area contributed by atoms with Crippen LogP contribution in [0.1, 0.15) is 32.1 Å². The van der Waals surface area contributed by atoms with Crippen molar-refractivity contribution in [1.82, 2.24) is 4.98 Å². The Morgan fingerprint density at radius 1 is 1.41 bits per heavy atom. The van der Waals surface area contributed by atoms with Gasteiger partial charge in [-0.25, -0.2) is 4.98 Å². The molecule has 1 aromatic heterocycles. The molecule has 3 N–H and O–H groups in total. The smallest absolute Gasteiger partial charge is 0.123 e. The Morgan fingerprint density at radius 2 is 2.18 bits per heavy atom. The van der Waals surface area contributed by atoms with Gasteiger partial charge in [0.25, 0.3) is 0 Å². The third kappa shape index (κ3) is 4.21. The molecule has 1 aliphatic carbocycles. The van der Waals surface area contributed by atoms with E-state index in [1.54, 1.807) is 24.0 Å². The highest BCUT2D eigenvalue weighted by Gasteiger charge is 2.18. The van der Waals surface area contributed by atoms with Gasteiger partial charge in [-0.3, -0.25) is 0 Å². The van der Waals surface area contributed by atoms with Crippen LogP contribution in [0.25, 0.3) is 0 Å². The van der Waals surface area contributed by atoms with Crippen LogP contribution in [0.4, 0.5) is 5.82 Å². The normalized spacial score (nSPS) is 18.4. The Balaban J connectivity index is 1.71. The summed E-state index contributed by atoms with van der Waals surface area (Å²) in [5.41, 5.74) is 5.52. The van der Waals surface area contributed by atoms with Crippen molar-refractivity contribution in [2.45, 2.75) is 43.1 Å². The number of aromatic nitrogens is 1. The molecule has 0 spiro atoms. The van der Waals surface area contributed by atoms with Crippen molar-refractivity contribution < 1.29 is 5.11 Å². The van der Waals surface area contributed by atoms with E-state index in [0.717, 1.165) is 23.0 Å². The van der Waals surface area contributed by atoms with Gasteiger partial charge >= 0.3 is 0 Å². The Hall–Kier alpha value is -0.740. The van der Waals surface area contributed by atoms with Gasteiger partial charge in [-0.1, -0.05) is 25.7 Å². The number of aliphatic hydroxyl groups excluding tert-OH is 1. The molecule has 2 rings (SSSR count). The zero-order chi connectivity index (χ0) is 12.1. The summed E-state index contributed by atoms with van der Waals surface area (Å²) in [7, 11) is 0. The topological polar surface area (TPSA) is 59.1 Å². The number of nitrogens with zero attached hydrogens (tertiary/aromatic N) is 1. The van der Waals surface area contributed by atoms with Gasteiger partial charge < -0.3 is 10.8 Å². The van der Waals surface area contributed by atoms with E-state index in [1.165, 1.54) is 25.7 Å². The second kappa shape index (κ2) is 6.26. The second-order valence-electron chi connectivity index (χ2n) is 4.77. The Labute approximate surface area is 107 Å². The fraction of sp³-hybridized carbons (Fsp3) is 0.615. The first-order valence-corrected chi connectivity index (χ1v) is 7.25. The van der Waals surface area contributed by atoms with Gasteiger partial charge in [0.1, 0.15) is 5.82 Å². The number of rotatable bonds is 5. The lowest BCUT2D eigenvalue weighted by molar-refractivity contribution is 0.166. The summed E-state index contributed by atoms with van der Waals surface area (Å²) in [5, 5.41) is 9.96. The molecule has 1 aliphatic rings.